The summed E-state index contributed by atoms with van der Waals surface area (Å²) in [6, 6.07) is 0. The molecular weight excluding hydrogens is 644 g/mol. The van der Waals surface area contributed by atoms with Crippen LogP contribution >= 0.6 is 0 Å². The maximum atomic E-state index is 13.0. The van der Waals surface area contributed by atoms with Crippen LogP contribution in [0.5, 0.6) is 0 Å². The molecule has 51 heavy (non-hydrogen) atoms. The van der Waals surface area contributed by atoms with Crippen molar-refractivity contribution in [2.45, 2.75) is 149 Å². The van der Waals surface area contributed by atoms with E-state index < -0.39 is 6.10 Å². The van der Waals surface area contributed by atoms with E-state index in [-0.39, 0.29) is 52.7 Å². The highest BCUT2D eigenvalue weighted by Crippen LogP contribution is 2.89. The van der Waals surface area contributed by atoms with Crippen molar-refractivity contribution in [1.29, 1.82) is 0 Å². The quantitative estimate of drug-likeness (QED) is 0.357. The number of fused-ring (bicyclic) bond motifs is 4. The van der Waals surface area contributed by atoms with E-state index >= 15 is 0 Å². The minimum Gasteiger partial charge on any atom is -0.390 e. The topological polar surface area (TPSA) is 97.8 Å². The van der Waals surface area contributed by atoms with Crippen molar-refractivity contribution in [3.05, 3.63) is 0 Å². The minimum atomic E-state index is -0.481. The third-order valence-electron chi connectivity index (χ3n) is 17.7. The minimum absolute atomic E-state index is 0.0177. The molecule has 3 saturated heterocycles. The number of carbonyl (C=O) groups excluding carboxylic acids is 2. The van der Waals surface area contributed by atoms with Crippen LogP contribution in [0, 0.1) is 56.7 Å². The van der Waals surface area contributed by atoms with Gasteiger partial charge in [0.15, 0.2) is 6.29 Å². The van der Waals surface area contributed by atoms with Gasteiger partial charge in [-0.1, -0.05) is 34.6 Å². The Morgan fingerprint density at radius 1 is 0.863 bits per heavy atom. The van der Waals surface area contributed by atoms with Gasteiger partial charge in [-0.05, 0) is 122 Å². The standard InChI is InChI=1S/C42H66N2O7/c1-26-22-28(8-11-32(45)43-16-19-48-20-17-43)50-36-35(26)39(4)14-15-42-25-41(42)13-12-31(38(2,3)29(41)9-10-30(42)40(39,5)37(36)47)51-34-24-44(18-21-49-34)33(46)23-27-6-7-27/h26-31,34-37,47H,6-25H2,1-5H3/t26-,28+,29+,30+,31+,34?,35?,36+,37+,39-,40-,41-,42+/m1/s1. The van der Waals surface area contributed by atoms with E-state index in [2.05, 4.69) is 34.6 Å². The van der Waals surface area contributed by atoms with Crippen molar-refractivity contribution in [3.63, 3.8) is 0 Å². The zero-order chi connectivity index (χ0) is 35.6. The van der Waals surface area contributed by atoms with Gasteiger partial charge in [-0.25, -0.2) is 0 Å². The summed E-state index contributed by atoms with van der Waals surface area (Å²) in [5.41, 5.74) is 0.483. The predicted octanol–water partition coefficient (Wildman–Crippen LogP) is 5.81. The molecule has 1 N–H and O–H groups in total. The van der Waals surface area contributed by atoms with Crippen LogP contribution in [0.25, 0.3) is 0 Å². The first-order valence-corrected chi connectivity index (χ1v) is 21.1. The number of nitrogens with zero attached hydrogens (tertiary/aromatic N) is 2. The maximum Gasteiger partial charge on any atom is 0.223 e. The molecule has 0 aromatic heterocycles. The third kappa shape index (κ3) is 5.23. The van der Waals surface area contributed by atoms with E-state index in [4.69, 9.17) is 18.9 Å². The highest BCUT2D eigenvalue weighted by Gasteiger charge is 2.84. The summed E-state index contributed by atoms with van der Waals surface area (Å²) >= 11 is 0. The molecule has 0 radical (unpaired) electrons. The first-order chi connectivity index (χ1) is 24.3. The fourth-order valence-corrected chi connectivity index (χ4v) is 14.9. The fraction of sp³-hybridized carbons (Fsp3) is 0.952. The number of morpholine rings is 2. The van der Waals surface area contributed by atoms with Crippen LogP contribution in [0.15, 0.2) is 0 Å². The highest BCUT2D eigenvalue weighted by atomic mass is 16.7. The third-order valence-corrected chi connectivity index (χ3v) is 17.7. The lowest BCUT2D eigenvalue weighted by molar-refractivity contribution is -0.248. The molecule has 3 heterocycles. The number of carbonyl (C=O) groups is 2. The van der Waals surface area contributed by atoms with Crippen molar-refractivity contribution in [2.24, 2.45) is 56.7 Å². The normalized spacial score (nSPS) is 50.0. The smallest absolute Gasteiger partial charge is 0.223 e. The van der Waals surface area contributed by atoms with Crippen molar-refractivity contribution in [3.8, 4) is 0 Å². The molecule has 13 atom stereocenters. The molecule has 9 fully saturated rings. The Labute approximate surface area is 306 Å². The zero-order valence-electron chi connectivity index (χ0n) is 32.2. The number of aliphatic hydroxyl groups excluding tert-OH is 1. The van der Waals surface area contributed by atoms with E-state index in [0.29, 0.717) is 99.3 Å². The average Bonchev–Trinajstić information content (AvgIpc) is 4.04. The van der Waals surface area contributed by atoms with Crippen LogP contribution in [0.2, 0.25) is 0 Å². The molecule has 286 valence electrons. The molecule has 9 nitrogen and oxygen atoms in total. The largest absolute Gasteiger partial charge is 0.390 e. The summed E-state index contributed by atoms with van der Waals surface area (Å²) in [4.78, 5) is 29.9. The second kappa shape index (κ2) is 12.4. The van der Waals surface area contributed by atoms with Crippen LogP contribution < -0.4 is 0 Å². The van der Waals surface area contributed by atoms with Gasteiger partial charge >= 0.3 is 0 Å². The molecule has 9 heteroatoms. The lowest BCUT2D eigenvalue weighted by Crippen LogP contribution is -2.60. The lowest BCUT2D eigenvalue weighted by Gasteiger charge is -2.64. The molecule has 2 unspecified atom stereocenters. The number of hydrogen-bond donors (Lipinski definition) is 1. The monoisotopic (exact) mass is 710 g/mol. The number of amides is 2. The van der Waals surface area contributed by atoms with Crippen LogP contribution in [0.3, 0.4) is 0 Å². The molecule has 0 bridgehead atoms. The number of rotatable bonds is 7. The van der Waals surface area contributed by atoms with Crippen molar-refractivity contribution in [1.82, 2.24) is 9.80 Å². The van der Waals surface area contributed by atoms with E-state index in [1.807, 2.05) is 9.80 Å². The van der Waals surface area contributed by atoms with E-state index in [1.165, 1.54) is 51.4 Å². The van der Waals surface area contributed by atoms with E-state index in [1.54, 1.807) is 0 Å². The molecule has 2 amide bonds. The summed E-state index contributed by atoms with van der Waals surface area (Å²) in [7, 11) is 0. The van der Waals surface area contributed by atoms with Crippen LogP contribution in [0.1, 0.15) is 118 Å². The molecule has 3 aliphatic heterocycles. The van der Waals surface area contributed by atoms with Gasteiger partial charge in [-0.15, -0.1) is 0 Å². The van der Waals surface area contributed by atoms with Gasteiger partial charge in [-0.3, -0.25) is 9.59 Å². The predicted molar refractivity (Wildman–Crippen MR) is 191 cm³/mol. The number of aliphatic hydroxyl groups is 1. The highest BCUT2D eigenvalue weighted by molar-refractivity contribution is 5.77. The summed E-state index contributed by atoms with van der Waals surface area (Å²) < 4.78 is 25.4. The van der Waals surface area contributed by atoms with Gasteiger partial charge < -0.3 is 33.9 Å². The van der Waals surface area contributed by atoms with Crippen molar-refractivity contribution in [2.75, 3.05) is 46.0 Å². The van der Waals surface area contributed by atoms with E-state index in [9.17, 15) is 14.7 Å². The van der Waals surface area contributed by atoms with Gasteiger partial charge in [0.2, 0.25) is 11.8 Å². The van der Waals surface area contributed by atoms with Gasteiger partial charge in [0.1, 0.15) is 0 Å². The van der Waals surface area contributed by atoms with Gasteiger partial charge in [0.25, 0.3) is 0 Å². The van der Waals surface area contributed by atoms with Gasteiger partial charge in [0.05, 0.1) is 50.8 Å². The van der Waals surface area contributed by atoms with Gasteiger partial charge in [-0.2, -0.15) is 0 Å². The number of ether oxygens (including phenoxy) is 4. The lowest BCUT2D eigenvalue weighted by atomic mass is 9.41. The first kappa shape index (κ1) is 35.4. The van der Waals surface area contributed by atoms with Crippen LogP contribution in [-0.2, 0) is 28.5 Å². The summed E-state index contributed by atoms with van der Waals surface area (Å²) in [6.45, 7) is 16.7. The summed E-state index contributed by atoms with van der Waals surface area (Å²) in [5, 5.41) is 12.6. The molecule has 0 aromatic carbocycles. The fourth-order valence-electron chi connectivity index (χ4n) is 14.9. The molecule has 9 aliphatic rings. The Kier molecular flexibility index (Phi) is 8.60. The summed E-state index contributed by atoms with van der Waals surface area (Å²) in [5.74, 6) is 2.98. The van der Waals surface area contributed by atoms with Crippen molar-refractivity contribution < 1.29 is 33.6 Å². The Hall–Kier alpha value is -1.26. The molecule has 0 aromatic rings. The molecule has 6 saturated carbocycles. The van der Waals surface area contributed by atoms with E-state index in [0.717, 1.165) is 19.3 Å². The second-order valence-electron chi connectivity index (χ2n) is 20.1. The molecule has 2 spiro atoms. The average molecular weight is 711 g/mol. The van der Waals surface area contributed by atoms with Crippen molar-refractivity contribution >= 4 is 11.8 Å². The van der Waals surface area contributed by atoms with Crippen LogP contribution in [0.4, 0.5) is 0 Å². The Bertz CT molecular complexity index is 1380. The molecule has 9 rings (SSSR count). The van der Waals surface area contributed by atoms with Gasteiger partial charge in [0, 0.05) is 37.9 Å². The SMILES string of the molecule is C[C@@H]1C[C@H](CCC(=O)N2CCOCC2)O[C@H]2C1[C@@]1(C)CC[C@@]34C[C@@]35CC[C@H](OC3CN(C(=O)CC6CC6)CCO3)C(C)(C)[C@@H]5CC[C@H]4[C@]1(C)[C@H]2O. The molecule has 6 aliphatic carbocycles. The number of hydrogen-bond acceptors (Lipinski definition) is 7. The Morgan fingerprint density at radius 2 is 1.59 bits per heavy atom. The second-order valence-corrected chi connectivity index (χ2v) is 20.1. The maximum absolute atomic E-state index is 13.0. The Morgan fingerprint density at radius 3 is 2.35 bits per heavy atom. The van der Waals surface area contributed by atoms with Crippen LogP contribution in [-0.4, -0.2) is 103 Å². The first-order valence-electron chi connectivity index (χ1n) is 21.1. The summed E-state index contributed by atoms with van der Waals surface area (Å²) in [6.07, 6.45) is 12.8. The Balaban J connectivity index is 0.888. The molecular formula is C42H66N2O7. The zero-order valence-corrected chi connectivity index (χ0v) is 32.2.